The molecule has 0 aliphatic carbocycles. The molecule has 1 heteroatoms. The van der Waals surface area contributed by atoms with Gasteiger partial charge >= 0.3 is 0 Å². The Morgan fingerprint density at radius 1 is 1.08 bits per heavy atom. The second-order valence-corrected chi connectivity index (χ2v) is 3.89. The Morgan fingerprint density at radius 2 is 1.77 bits per heavy atom. The molecule has 0 N–H and O–H groups in total. The number of fused-ring (bicyclic) bond motifs is 1. The molecule has 0 saturated carbocycles. The normalized spacial score (nSPS) is 26.5. The monoisotopic (exact) mass is 173 g/mol. The van der Waals surface area contributed by atoms with E-state index in [-0.39, 0.29) is 0 Å². The Morgan fingerprint density at radius 3 is 2.54 bits per heavy atom. The Bertz CT molecular complexity index is 352. The molecule has 1 nitrogen and oxygen atoms in total. The van der Waals surface area contributed by atoms with E-state index in [0.29, 0.717) is 11.8 Å². The largest absolute Gasteiger partial charge is 0.258 e. The van der Waals surface area contributed by atoms with E-state index < -0.39 is 0 Å². The molecule has 0 saturated heterocycles. The summed E-state index contributed by atoms with van der Waals surface area (Å²) in [6, 6.07) is 8.43. The Balaban J connectivity index is 2.56. The molecule has 68 valence electrons. The van der Waals surface area contributed by atoms with Gasteiger partial charge in [-0.3, -0.25) is 4.99 Å². The molecule has 0 spiro atoms. The Labute approximate surface area is 79.5 Å². The molecule has 1 aliphatic heterocycles. The molecular formula is C12H15N. The van der Waals surface area contributed by atoms with Gasteiger partial charge in [-0.2, -0.15) is 0 Å². The number of para-hydroxylation sites is 1. The van der Waals surface area contributed by atoms with Crippen LogP contribution < -0.4 is 0 Å². The van der Waals surface area contributed by atoms with Gasteiger partial charge in [-0.25, -0.2) is 0 Å². The van der Waals surface area contributed by atoms with E-state index >= 15 is 0 Å². The lowest BCUT2D eigenvalue weighted by molar-refractivity contribution is 0.612. The van der Waals surface area contributed by atoms with Crippen molar-refractivity contribution in [1.82, 2.24) is 0 Å². The standard InChI is InChI=1S/C12H15N/c1-8-9(2)11-6-4-5-7-12(11)13-10(8)3/h4-9H,1-3H3. The number of hydrogen-bond acceptors (Lipinski definition) is 1. The van der Waals surface area contributed by atoms with Crippen molar-refractivity contribution >= 4 is 11.4 Å². The second kappa shape index (κ2) is 2.99. The maximum atomic E-state index is 4.59. The molecular weight excluding hydrogens is 158 g/mol. The first-order valence-electron chi connectivity index (χ1n) is 4.84. The zero-order chi connectivity index (χ0) is 9.42. The molecule has 13 heavy (non-hydrogen) atoms. The van der Waals surface area contributed by atoms with Crippen LogP contribution in [0.2, 0.25) is 0 Å². The summed E-state index contributed by atoms with van der Waals surface area (Å²) < 4.78 is 0. The van der Waals surface area contributed by atoms with Gasteiger partial charge in [-0.15, -0.1) is 0 Å². The maximum absolute atomic E-state index is 4.59. The van der Waals surface area contributed by atoms with Gasteiger partial charge < -0.3 is 0 Å². The van der Waals surface area contributed by atoms with Crippen LogP contribution in [0.25, 0.3) is 0 Å². The minimum atomic E-state index is 0.579. The van der Waals surface area contributed by atoms with Crippen molar-refractivity contribution in [2.45, 2.75) is 26.7 Å². The quantitative estimate of drug-likeness (QED) is 0.569. The first-order chi connectivity index (χ1) is 6.20. The van der Waals surface area contributed by atoms with E-state index in [1.807, 2.05) is 0 Å². The molecule has 0 fully saturated rings. The molecule has 0 radical (unpaired) electrons. The number of nitrogens with zero attached hydrogens (tertiary/aromatic N) is 1. The molecule has 0 amide bonds. The van der Waals surface area contributed by atoms with Crippen molar-refractivity contribution in [3.63, 3.8) is 0 Å². The molecule has 1 aromatic carbocycles. The Hall–Kier alpha value is -1.11. The fourth-order valence-electron chi connectivity index (χ4n) is 1.90. The molecule has 1 aromatic rings. The van der Waals surface area contributed by atoms with Crippen molar-refractivity contribution in [2.24, 2.45) is 10.9 Å². The summed E-state index contributed by atoms with van der Waals surface area (Å²) in [6.45, 7) is 6.65. The molecule has 2 unspecified atom stereocenters. The summed E-state index contributed by atoms with van der Waals surface area (Å²) >= 11 is 0. The predicted molar refractivity (Wildman–Crippen MR) is 56.8 cm³/mol. The minimum Gasteiger partial charge on any atom is -0.258 e. The number of hydrogen-bond donors (Lipinski definition) is 0. The summed E-state index contributed by atoms with van der Waals surface area (Å²) in [5, 5.41) is 0. The second-order valence-electron chi connectivity index (χ2n) is 3.89. The van der Waals surface area contributed by atoms with E-state index in [0.717, 1.165) is 5.69 Å². The van der Waals surface area contributed by atoms with Crippen LogP contribution in [0.3, 0.4) is 0 Å². The zero-order valence-corrected chi connectivity index (χ0v) is 8.41. The number of aliphatic imine (C=N–C) groups is 1. The lowest BCUT2D eigenvalue weighted by Crippen LogP contribution is -2.18. The molecule has 1 aliphatic rings. The summed E-state index contributed by atoms with van der Waals surface area (Å²) in [6.07, 6.45) is 0. The average Bonchev–Trinajstić information content (AvgIpc) is 2.15. The highest BCUT2D eigenvalue weighted by Gasteiger charge is 2.23. The summed E-state index contributed by atoms with van der Waals surface area (Å²) in [5.74, 6) is 1.18. The van der Waals surface area contributed by atoms with Gasteiger partial charge in [0.2, 0.25) is 0 Å². The average molecular weight is 173 g/mol. The zero-order valence-electron chi connectivity index (χ0n) is 8.41. The lowest BCUT2D eigenvalue weighted by atomic mass is 9.83. The fraction of sp³-hybridized carbons (Fsp3) is 0.417. The van der Waals surface area contributed by atoms with E-state index in [1.165, 1.54) is 11.3 Å². The van der Waals surface area contributed by atoms with Gasteiger partial charge in [0.05, 0.1) is 5.69 Å². The van der Waals surface area contributed by atoms with Gasteiger partial charge in [0.25, 0.3) is 0 Å². The van der Waals surface area contributed by atoms with Crippen LogP contribution in [0.1, 0.15) is 32.3 Å². The van der Waals surface area contributed by atoms with E-state index in [9.17, 15) is 0 Å². The third-order valence-electron chi connectivity index (χ3n) is 3.13. The van der Waals surface area contributed by atoms with Crippen LogP contribution in [-0.4, -0.2) is 5.71 Å². The van der Waals surface area contributed by atoms with Crippen LogP contribution in [0.4, 0.5) is 5.69 Å². The molecule has 0 aromatic heterocycles. The van der Waals surface area contributed by atoms with Crippen LogP contribution in [0.15, 0.2) is 29.3 Å². The third-order valence-corrected chi connectivity index (χ3v) is 3.13. The number of rotatable bonds is 0. The van der Waals surface area contributed by atoms with Crippen LogP contribution in [-0.2, 0) is 0 Å². The molecule has 2 rings (SSSR count). The van der Waals surface area contributed by atoms with Gasteiger partial charge in [0, 0.05) is 11.6 Å². The van der Waals surface area contributed by atoms with Crippen molar-refractivity contribution in [2.75, 3.05) is 0 Å². The first-order valence-corrected chi connectivity index (χ1v) is 4.84. The highest BCUT2D eigenvalue weighted by atomic mass is 14.8. The molecule has 0 bridgehead atoms. The number of benzene rings is 1. The van der Waals surface area contributed by atoms with Crippen molar-refractivity contribution in [1.29, 1.82) is 0 Å². The SMILES string of the molecule is CC1=Nc2ccccc2C(C)C1C. The van der Waals surface area contributed by atoms with Crippen molar-refractivity contribution in [3.05, 3.63) is 29.8 Å². The van der Waals surface area contributed by atoms with E-state index in [4.69, 9.17) is 0 Å². The lowest BCUT2D eigenvalue weighted by Gasteiger charge is -2.26. The van der Waals surface area contributed by atoms with Gasteiger partial charge in [-0.1, -0.05) is 32.0 Å². The van der Waals surface area contributed by atoms with Gasteiger partial charge in [0.15, 0.2) is 0 Å². The topological polar surface area (TPSA) is 12.4 Å². The summed E-state index contributed by atoms with van der Waals surface area (Å²) in [7, 11) is 0. The fourth-order valence-corrected chi connectivity index (χ4v) is 1.90. The molecule has 2 atom stereocenters. The van der Waals surface area contributed by atoms with Crippen LogP contribution in [0, 0.1) is 5.92 Å². The summed E-state index contributed by atoms with van der Waals surface area (Å²) in [4.78, 5) is 4.59. The minimum absolute atomic E-state index is 0.579. The van der Waals surface area contributed by atoms with Crippen molar-refractivity contribution < 1.29 is 0 Å². The smallest absolute Gasteiger partial charge is 0.0663 e. The van der Waals surface area contributed by atoms with Crippen LogP contribution in [0.5, 0.6) is 0 Å². The summed E-state index contributed by atoms with van der Waals surface area (Å²) in [5.41, 5.74) is 3.80. The van der Waals surface area contributed by atoms with E-state index in [1.54, 1.807) is 0 Å². The first kappa shape index (κ1) is 8.49. The molecule has 1 heterocycles. The highest BCUT2D eigenvalue weighted by molar-refractivity contribution is 5.89. The van der Waals surface area contributed by atoms with Gasteiger partial charge in [-0.05, 0) is 24.5 Å². The maximum Gasteiger partial charge on any atom is 0.0663 e. The third kappa shape index (κ3) is 1.28. The van der Waals surface area contributed by atoms with Gasteiger partial charge in [0.1, 0.15) is 0 Å². The van der Waals surface area contributed by atoms with Crippen molar-refractivity contribution in [3.8, 4) is 0 Å². The highest BCUT2D eigenvalue weighted by Crippen LogP contribution is 2.36. The van der Waals surface area contributed by atoms with E-state index in [2.05, 4.69) is 50.0 Å². The Kier molecular flexibility index (Phi) is 1.95. The predicted octanol–water partition coefficient (Wildman–Crippen LogP) is 3.53. The van der Waals surface area contributed by atoms with Crippen LogP contribution >= 0.6 is 0 Å².